The van der Waals surface area contributed by atoms with Crippen LogP contribution in [0.15, 0.2) is 24.3 Å². The summed E-state index contributed by atoms with van der Waals surface area (Å²) in [5.41, 5.74) is 0.243. The normalized spacial score (nSPS) is 11.4. The highest BCUT2D eigenvalue weighted by Gasteiger charge is 2.16. The Balaban J connectivity index is 2.06. The van der Waals surface area contributed by atoms with Crippen LogP contribution < -0.4 is 4.74 Å². The second-order valence-corrected chi connectivity index (χ2v) is 5.61. The number of aromatic nitrogens is 1. The van der Waals surface area contributed by atoms with Gasteiger partial charge in [-0.25, -0.2) is 9.59 Å². The number of rotatable bonds is 4. The topological polar surface area (TPSA) is 88.6 Å². The molecule has 0 saturated heterocycles. The van der Waals surface area contributed by atoms with Gasteiger partial charge >= 0.3 is 11.9 Å². The smallest absolute Gasteiger partial charge is 0.352 e. The van der Waals surface area contributed by atoms with E-state index in [9.17, 15) is 9.59 Å². The molecule has 0 bridgehead atoms. The fourth-order valence-corrected chi connectivity index (χ4v) is 1.83. The molecule has 1 heterocycles. The van der Waals surface area contributed by atoms with Crippen molar-refractivity contribution in [3.63, 3.8) is 0 Å². The van der Waals surface area contributed by atoms with Gasteiger partial charge < -0.3 is 19.6 Å². The minimum atomic E-state index is -1.03. The molecule has 0 fully saturated rings. The molecule has 2 aromatic rings. The fraction of sp³-hybridized carbons (Fsp3) is 0.333. The van der Waals surface area contributed by atoms with Crippen LogP contribution >= 0.6 is 0 Å². The van der Waals surface area contributed by atoms with E-state index in [0.29, 0.717) is 16.7 Å². The average molecular weight is 291 g/mol. The van der Waals surface area contributed by atoms with Gasteiger partial charge in [0.1, 0.15) is 17.0 Å². The second kappa shape index (κ2) is 5.47. The monoisotopic (exact) mass is 291 g/mol. The maximum absolute atomic E-state index is 11.6. The molecule has 1 aromatic heterocycles. The number of hydrogen-bond donors (Lipinski definition) is 2. The number of hydrogen-bond acceptors (Lipinski definition) is 4. The highest BCUT2D eigenvalue weighted by molar-refractivity contribution is 5.94. The van der Waals surface area contributed by atoms with E-state index in [-0.39, 0.29) is 12.3 Å². The largest absolute Gasteiger partial charge is 0.482 e. The van der Waals surface area contributed by atoms with Gasteiger partial charge in [0.15, 0.2) is 6.61 Å². The number of benzene rings is 1. The number of aromatic amines is 1. The lowest BCUT2D eigenvalue weighted by Crippen LogP contribution is -2.27. The summed E-state index contributed by atoms with van der Waals surface area (Å²) in [7, 11) is 0. The number of carboxylic acids is 1. The Bertz CT molecular complexity index is 681. The minimum absolute atomic E-state index is 0.106. The minimum Gasteiger partial charge on any atom is -0.482 e. The molecule has 6 heteroatoms. The van der Waals surface area contributed by atoms with Crippen molar-refractivity contribution in [1.29, 1.82) is 0 Å². The average Bonchev–Trinajstić information content (AvgIpc) is 2.77. The molecule has 112 valence electrons. The molecule has 0 aliphatic heterocycles. The van der Waals surface area contributed by atoms with Gasteiger partial charge in [-0.05, 0) is 45.0 Å². The number of esters is 1. The van der Waals surface area contributed by atoms with Gasteiger partial charge in [-0.1, -0.05) is 0 Å². The first-order valence-corrected chi connectivity index (χ1v) is 6.45. The molecule has 6 nitrogen and oxygen atoms in total. The van der Waals surface area contributed by atoms with Crippen LogP contribution in [0, 0.1) is 0 Å². The maximum atomic E-state index is 11.6. The van der Waals surface area contributed by atoms with Gasteiger partial charge in [-0.3, -0.25) is 0 Å². The number of H-pyrrole nitrogens is 1. The van der Waals surface area contributed by atoms with Crippen LogP contribution in [-0.2, 0) is 9.53 Å². The molecular formula is C15H17NO5. The summed E-state index contributed by atoms with van der Waals surface area (Å²) in [6, 6.07) is 6.54. The van der Waals surface area contributed by atoms with Gasteiger partial charge in [-0.2, -0.15) is 0 Å². The zero-order chi connectivity index (χ0) is 15.6. The molecule has 0 amide bonds. The van der Waals surface area contributed by atoms with E-state index in [1.807, 2.05) is 0 Å². The van der Waals surface area contributed by atoms with Crippen molar-refractivity contribution in [3.05, 3.63) is 30.0 Å². The summed E-state index contributed by atoms with van der Waals surface area (Å²) < 4.78 is 10.5. The van der Waals surface area contributed by atoms with Gasteiger partial charge in [0.2, 0.25) is 0 Å². The number of fused-ring (bicyclic) bond motifs is 1. The summed E-state index contributed by atoms with van der Waals surface area (Å²) in [5, 5.41) is 9.62. The summed E-state index contributed by atoms with van der Waals surface area (Å²) in [5.74, 6) is -1.00. The van der Waals surface area contributed by atoms with Gasteiger partial charge in [0.05, 0.1) is 0 Å². The standard InChI is InChI=1S/C15H17NO5/c1-15(2,3)21-13(17)8-20-10-4-5-11-9(6-10)7-12(16-11)14(18)19/h4-7,16H,8H2,1-3H3,(H,18,19). The number of aromatic carboxylic acids is 1. The first-order valence-electron chi connectivity index (χ1n) is 6.45. The van der Waals surface area contributed by atoms with Crippen LogP contribution in [0.3, 0.4) is 0 Å². The Kier molecular flexibility index (Phi) is 3.88. The molecule has 2 N–H and O–H groups in total. The van der Waals surface area contributed by atoms with E-state index in [2.05, 4.69) is 4.98 Å². The zero-order valence-corrected chi connectivity index (χ0v) is 12.1. The lowest BCUT2D eigenvalue weighted by Gasteiger charge is -2.19. The summed E-state index contributed by atoms with van der Waals surface area (Å²) >= 11 is 0. The molecule has 0 aliphatic carbocycles. The van der Waals surface area contributed by atoms with E-state index >= 15 is 0 Å². The van der Waals surface area contributed by atoms with Crippen molar-refractivity contribution in [2.45, 2.75) is 26.4 Å². The number of nitrogens with one attached hydrogen (secondary N) is 1. The van der Waals surface area contributed by atoms with E-state index in [1.54, 1.807) is 39.0 Å². The van der Waals surface area contributed by atoms with E-state index in [1.165, 1.54) is 6.07 Å². The third kappa shape index (κ3) is 3.98. The third-order valence-electron chi connectivity index (χ3n) is 2.60. The predicted molar refractivity (Wildman–Crippen MR) is 76.6 cm³/mol. The Morgan fingerprint density at radius 1 is 1.24 bits per heavy atom. The first kappa shape index (κ1) is 14.9. The Hall–Kier alpha value is -2.50. The number of ether oxygens (including phenoxy) is 2. The molecular weight excluding hydrogens is 274 g/mol. The number of carbonyl (C=O) groups excluding carboxylic acids is 1. The predicted octanol–water partition coefficient (Wildman–Crippen LogP) is 2.59. The van der Waals surface area contributed by atoms with Crippen molar-refractivity contribution in [1.82, 2.24) is 4.98 Å². The van der Waals surface area contributed by atoms with Crippen molar-refractivity contribution in [2.75, 3.05) is 6.61 Å². The van der Waals surface area contributed by atoms with Crippen LogP contribution in [0.1, 0.15) is 31.3 Å². The zero-order valence-electron chi connectivity index (χ0n) is 12.1. The van der Waals surface area contributed by atoms with Crippen LogP contribution in [0.5, 0.6) is 5.75 Å². The first-order chi connectivity index (χ1) is 9.74. The number of carboxylic acid groups (broad SMARTS) is 1. The van der Waals surface area contributed by atoms with Crippen molar-refractivity contribution in [3.8, 4) is 5.75 Å². The molecule has 0 spiro atoms. The summed E-state index contributed by atoms with van der Waals surface area (Å²) in [6.45, 7) is 5.15. The maximum Gasteiger partial charge on any atom is 0.352 e. The Morgan fingerprint density at radius 3 is 2.57 bits per heavy atom. The molecule has 1 aromatic carbocycles. The van der Waals surface area contributed by atoms with E-state index in [4.69, 9.17) is 14.6 Å². The van der Waals surface area contributed by atoms with Crippen LogP contribution in [-0.4, -0.2) is 34.2 Å². The van der Waals surface area contributed by atoms with Crippen LogP contribution in [0.4, 0.5) is 0 Å². The summed E-state index contributed by atoms with van der Waals surface area (Å²) in [4.78, 5) is 25.2. The van der Waals surface area contributed by atoms with Crippen molar-refractivity contribution in [2.24, 2.45) is 0 Å². The number of carbonyl (C=O) groups is 2. The third-order valence-corrected chi connectivity index (χ3v) is 2.60. The lowest BCUT2D eigenvalue weighted by atomic mass is 10.2. The Labute approximate surface area is 121 Å². The lowest BCUT2D eigenvalue weighted by molar-refractivity contribution is -0.157. The molecule has 0 aliphatic rings. The van der Waals surface area contributed by atoms with Crippen LogP contribution in [0.2, 0.25) is 0 Å². The molecule has 21 heavy (non-hydrogen) atoms. The quantitative estimate of drug-likeness (QED) is 0.845. The molecule has 0 radical (unpaired) electrons. The highest BCUT2D eigenvalue weighted by Crippen LogP contribution is 2.22. The van der Waals surface area contributed by atoms with E-state index < -0.39 is 17.5 Å². The van der Waals surface area contributed by atoms with Crippen molar-refractivity contribution >= 4 is 22.8 Å². The Morgan fingerprint density at radius 2 is 1.95 bits per heavy atom. The van der Waals surface area contributed by atoms with Gasteiger partial charge in [-0.15, -0.1) is 0 Å². The van der Waals surface area contributed by atoms with Crippen LogP contribution in [0.25, 0.3) is 10.9 Å². The SMILES string of the molecule is CC(C)(C)OC(=O)COc1ccc2[nH]c(C(=O)O)cc2c1. The summed E-state index contributed by atoms with van der Waals surface area (Å²) in [6.07, 6.45) is 0. The molecule has 0 atom stereocenters. The highest BCUT2D eigenvalue weighted by atomic mass is 16.6. The van der Waals surface area contributed by atoms with Gasteiger partial charge in [0, 0.05) is 10.9 Å². The van der Waals surface area contributed by atoms with Crippen molar-refractivity contribution < 1.29 is 24.2 Å². The fourth-order valence-electron chi connectivity index (χ4n) is 1.83. The molecule has 2 rings (SSSR count). The second-order valence-electron chi connectivity index (χ2n) is 5.61. The molecule has 0 unspecified atom stereocenters. The molecule has 0 saturated carbocycles. The van der Waals surface area contributed by atoms with E-state index in [0.717, 1.165) is 0 Å². The van der Waals surface area contributed by atoms with Gasteiger partial charge in [0.25, 0.3) is 0 Å².